The van der Waals surface area contributed by atoms with Crippen LogP contribution in [0.4, 0.5) is 4.79 Å². The predicted octanol–water partition coefficient (Wildman–Crippen LogP) is 5.12. The van der Waals surface area contributed by atoms with Gasteiger partial charge in [-0.25, -0.2) is 14.6 Å². The van der Waals surface area contributed by atoms with Crippen molar-refractivity contribution in [3.8, 4) is 17.1 Å². The fourth-order valence-electron chi connectivity index (χ4n) is 7.47. The Morgan fingerprint density at radius 1 is 1.04 bits per heavy atom. The normalized spacial score (nSPS) is 21.4. The van der Waals surface area contributed by atoms with Gasteiger partial charge in [-0.1, -0.05) is 34.1 Å². The Morgan fingerprint density at radius 3 is 2.47 bits per heavy atom. The molecule has 2 aromatic heterocycles. The molecule has 7 rings (SSSR count). The van der Waals surface area contributed by atoms with Gasteiger partial charge in [-0.05, 0) is 81.4 Å². The zero-order valence-corrected chi connectivity index (χ0v) is 26.9. The van der Waals surface area contributed by atoms with Gasteiger partial charge in [-0.15, -0.1) is 0 Å². The minimum Gasteiger partial charge on any atom is -0.458 e. The van der Waals surface area contributed by atoms with Crippen molar-refractivity contribution in [1.82, 2.24) is 19.4 Å². The summed E-state index contributed by atoms with van der Waals surface area (Å²) >= 11 is 0. The molecule has 6 heterocycles. The Hall–Kier alpha value is -3.76. The van der Waals surface area contributed by atoms with Crippen LogP contribution in [0.15, 0.2) is 29.1 Å². The number of aromatic nitrogens is 2. The van der Waals surface area contributed by atoms with E-state index in [1.54, 1.807) is 23.6 Å². The van der Waals surface area contributed by atoms with Gasteiger partial charge < -0.3 is 28.9 Å². The molecule has 1 atom stereocenters. The summed E-state index contributed by atoms with van der Waals surface area (Å²) in [6, 6.07) is 7.77. The van der Waals surface area contributed by atoms with Crippen LogP contribution in [0.1, 0.15) is 88.5 Å². The van der Waals surface area contributed by atoms with Crippen LogP contribution >= 0.6 is 0 Å². The van der Waals surface area contributed by atoms with Gasteiger partial charge in [0.25, 0.3) is 5.56 Å². The van der Waals surface area contributed by atoms with Crippen molar-refractivity contribution in [3.05, 3.63) is 56.9 Å². The van der Waals surface area contributed by atoms with Crippen LogP contribution in [0, 0.1) is 0 Å². The molecule has 0 radical (unpaired) electrons. The largest absolute Gasteiger partial charge is 0.458 e. The molecule has 2 saturated heterocycles. The molecule has 1 aromatic carbocycles. The minimum atomic E-state index is -1.86. The number of fused-ring (bicyclic) bond motifs is 5. The van der Waals surface area contributed by atoms with Crippen molar-refractivity contribution in [1.29, 1.82) is 0 Å². The fourth-order valence-corrected chi connectivity index (χ4v) is 7.47. The van der Waals surface area contributed by atoms with Crippen molar-refractivity contribution < 1.29 is 24.2 Å². The highest BCUT2D eigenvalue weighted by Crippen LogP contribution is 2.41. The van der Waals surface area contributed by atoms with Gasteiger partial charge in [0.15, 0.2) is 5.60 Å². The molecule has 3 aromatic rings. The summed E-state index contributed by atoms with van der Waals surface area (Å²) in [6.45, 7) is 11.6. The molecule has 10 nitrogen and oxygen atoms in total. The lowest BCUT2D eigenvalue weighted by Crippen LogP contribution is -2.48. The highest BCUT2D eigenvalue weighted by molar-refractivity contribution is 5.90. The number of ether oxygens (including phenoxy) is 2. The number of nitrogens with zero attached hydrogens (tertiary/aromatic N) is 4. The van der Waals surface area contributed by atoms with Crippen molar-refractivity contribution >= 4 is 23.0 Å². The highest BCUT2D eigenvalue weighted by Gasteiger charge is 2.45. The number of carbonyl (C=O) groups is 2. The molecule has 1 unspecified atom stereocenters. The molecule has 0 aliphatic carbocycles. The quantitative estimate of drug-likeness (QED) is 0.315. The number of hydrogen-bond acceptors (Lipinski definition) is 8. The number of esters is 1. The van der Waals surface area contributed by atoms with Gasteiger partial charge in [-0.2, -0.15) is 0 Å². The Morgan fingerprint density at radius 2 is 1.78 bits per heavy atom. The average molecular weight is 617 g/mol. The van der Waals surface area contributed by atoms with Gasteiger partial charge in [0.1, 0.15) is 12.4 Å². The first kappa shape index (κ1) is 31.2. The molecule has 1 N–H and O–H groups in total. The first-order chi connectivity index (χ1) is 21.8. The number of carbonyl (C=O) groups excluding carboxylic acids is 2. The molecule has 45 heavy (non-hydrogen) atoms. The van der Waals surface area contributed by atoms with Crippen LogP contribution in [0.25, 0.3) is 22.3 Å². The third-order valence-corrected chi connectivity index (χ3v) is 9.97. The Labute approximate surface area is 263 Å². The topological polar surface area (TPSA) is 114 Å². The Bertz CT molecular complexity index is 1690. The SMILES string of the molecule is CC.CCc1c2c(nc3ccc(OC(=O)N4CCC(N5CCCCC5)CC4)cc13)-c1cc3c(c(=O)n1C2)COC(=O)C3(O)CC. The molecule has 4 aliphatic heterocycles. The van der Waals surface area contributed by atoms with Crippen LogP contribution in [0.3, 0.4) is 0 Å². The van der Waals surface area contributed by atoms with Crippen LogP contribution in [-0.4, -0.2) is 68.7 Å². The third-order valence-electron chi connectivity index (χ3n) is 9.97. The second-order valence-electron chi connectivity index (χ2n) is 12.2. The van der Waals surface area contributed by atoms with E-state index < -0.39 is 11.6 Å². The Kier molecular flexibility index (Phi) is 8.72. The van der Waals surface area contributed by atoms with Crippen molar-refractivity contribution in [2.75, 3.05) is 26.2 Å². The van der Waals surface area contributed by atoms with E-state index >= 15 is 0 Å². The van der Waals surface area contributed by atoms with E-state index in [0.717, 1.165) is 34.9 Å². The van der Waals surface area contributed by atoms with E-state index in [9.17, 15) is 19.5 Å². The summed E-state index contributed by atoms with van der Waals surface area (Å²) < 4.78 is 12.7. The van der Waals surface area contributed by atoms with Crippen molar-refractivity contribution in [2.24, 2.45) is 0 Å². The number of benzene rings is 1. The van der Waals surface area contributed by atoms with Gasteiger partial charge in [0, 0.05) is 35.6 Å². The molecular weight excluding hydrogens is 572 g/mol. The smallest absolute Gasteiger partial charge is 0.415 e. The van der Waals surface area contributed by atoms with Crippen molar-refractivity contribution in [3.63, 3.8) is 0 Å². The van der Waals surface area contributed by atoms with E-state index in [1.165, 1.54) is 32.4 Å². The number of aliphatic hydroxyl groups is 1. The first-order valence-electron chi connectivity index (χ1n) is 16.7. The standard InChI is InChI=1S/C33H38N4O6.C2H6/c1-3-22-23-16-21(43-32(40)36-14-10-20(11-15-36)35-12-6-5-7-13-35)8-9-27(23)34-29-24(22)18-37-28(29)17-26-25(30(37)38)19-42-31(39)33(26,41)4-2;1-2/h8-9,16-17,20,41H,3-7,10-15,18-19H2,1-2H3;1-2H3. The maximum Gasteiger partial charge on any atom is 0.415 e. The molecule has 0 spiro atoms. The second kappa shape index (κ2) is 12.6. The van der Waals surface area contributed by atoms with Crippen LogP contribution < -0.4 is 10.3 Å². The molecule has 240 valence electrons. The summed E-state index contributed by atoms with van der Waals surface area (Å²) in [5, 5.41) is 12.0. The summed E-state index contributed by atoms with van der Waals surface area (Å²) in [5.74, 6) is -0.266. The lowest BCUT2D eigenvalue weighted by atomic mass is 9.86. The molecule has 4 aliphatic rings. The number of cyclic esters (lactones) is 1. The molecule has 0 bridgehead atoms. The van der Waals surface area contributed by atoms with Crippen LogP contribution in [0.5, 0.6) is 5.75 Å². The zero-order valence-electron chi connectivity index (χ0n) is 26.9. The van der Waals surface area contributed by atoms with E-state index in [1.807, 2.05) is 30.9 Å². The molecule has 10 heteroatoms. The summed E-state index contributed by atoms with van der Waals surface area (Å²) in [7, 11) is 0. The van der Waals surface area contributed by atoms with Gasteiger partial charge >= 0.3 is 12.1 Å². The van der Waals surface area contributed by atoms with E-state index in [2.05, 4.69) is 11.8 Å². The predicted molar refractivity (Wildman–Crippen MR) is 171 cm³/mol. The van der Waals surface area contributed by atoms with E-state index in [-0.39, 0.29) is 24.7 Å². The van der Waals surface area contributed by atoms with Crippen LogP contribution in [-0.2, 0) is 34.7 Å². The van der Waals surface area contributed by atoms with Gasteiger partial charge in [0.2, 0.25) is 0 Å². The maximum atomic E-state index is 13.6. The van der Waals surface area contributed by atoms with Crippen LogP contribution in [0.2, 0.25) is 0 Å². The number of hydrogen-bond donors (Lipinski definition) is 1. The van der Waals surface area contributed by atoms with E-state index in [4.69, 9.17) is 14.5 Å². The molecular formula is C35H44N4O6. The van der Waals surface area contributed by atoms with Gasteiger partial charge in [-0.3, -0.25) is 4.79 Å². The number of aryl methyl sites for hydroxylation is 1. The highest BCUT2D eigenvalue weighted by atomic mass is 16.6. The third kappa shape index (κ3) is 5.31. The summed E-state index contributed by atoms with van der Waals surface area (Å²) in [5.41, 5.74) is 2.38. The van der Waals surface area contributed by atoms with Gasteiger partial charge in [0.05, 0.1) is 29.0 Å². The van der Waals surface area contributed by atoms with E-state index in [0.29, 0.717) is 60.4 Å². The lowest BCUT2D eigenvalue weighted by Gasteiger charge is -2.39. The summed E-state index contributed by atoms with van der Waals surface area (Å²) in [4.78, 5) is 48.5. The average Bonchev–Trinajstić information content (AvgIpc) is 3.45. The molecule has 2 fully saturated rings. The first-order valence-corrected chi connectivity index (χ1v) is 16.7. The Balaban J connectivity index is 0.00000175. The number of amides is 1. The maximum absolute atomic E-state index is 13.6. The fraction of sp³-hybridized carbons (Fsp3) is 0.543. The number of piperidine rings is 2. The molecule has 0 saturated carbocycles. The number of likely N-dealkylation sites (tertiary alicyclic amines) is 2. The zero-order chi connectivity index (χ0) is 31.9. The monoisotopic (exact) mass is 616 g/mol. The summed E-state index contributed by atoms with van der Waals surface area (Å²) in [6.07, 6.45) is 6.26. The number of pyridine rings is 2. The molecule has 1 amide bonds. The van der Waals surface area contributed by atoms with Crippen molar-refractivity contribution in [2.45, 2.75) is 97.4 Å². The lowest BCUT2D eigenvalue weighted by molar-refractivity contribution is -0.172. The minimum absolute atomic E-state index is 0.0951. The second-order valence-corrected chi connectivity index (χ2v) is 12.2. The number of rotatable bonds is 4.